The van der Waals surface area contributed by atoms with E-state index in [1.165, 1.54) is 5.57 Å². The summed E-state index contributed by atoms with van der Waals surface area (Å²) in [5.74, 6) is 7.07. The van der Waals surface area contributed by atoms with Crippen molar-refractivity contribution in [2.45, 2.75) is 27.2 Å². The van der Waals surface area contributed by atoms with Gasteiger partial charge in [0.1, 0.15) is 0 Å². The molecule has 0 N–H and O–H groups in total. The number of allylic oxidation sites excluding steroid dienone is 4. The molecule has 92 valence electrons. The van der Waals surface area contributed by atoms with E-state index in [1.807, 2.05) is 18.2 Å². The fourth-order valence-electron chi connectivity index (χ4n) is 2.23. The van der Waals surface area contributed by atoms with Crippen LogP contribution in [-0.4, -0.2) is 0 Å². The van der Waals surface area contributed by atoms with Crippen LogP contribution in [0.1, 0.15) is 32.8 Å². The van der Waals surface area contributed by atoms with Gasteiger partial charge in [-0.2, -0.15) is 0 Å². The van der Waals surface area contributed by atoms with Crippen molar-refractivity contribution in [3.8, 4) is 11.8 Å². The molecule has 0 aliphatic heterocycles. The van der Waals surface area contributed by atoms with Crippen molar-refractivity contribution in [2.75, 3.05) is 0 Å². The topological polar surface area (TPSA) is 0 Å². The molecule has 1 aliphatic rings. The molecule has 0 saturated heterocycles. The van der Waals surface area contributed by atoms with Crippen molar-refractivity contribution in [1.29, 1.82) is 0 Å². The van der Waals surface area contributed by atoms with Gasteiger partial charge in [-0.05, 0) is 29.5 Å². The van der Waals surface area contributed by atoms with Gasteiger partial charge in [0.15, 0.2) is 0 Å². The van der Waals surface area contributed by atoms with Gasteiger partial charge in [-0.1, -0.05) is 69.0 Å². The molecule has 2 rings (SSSR count). The molecule has 1 unspecified atom stereocenters. The molecule has 0 heterocycles. The maximum absolute atomic E-state index is 3.42. The summed E-state index contributed by atoms with van der Waals surface area (Å²) in [6.45, 7) is 6.78. The maximum Gasteiger partial charge on any atom is 0.0458 e. The third-order valence-electron chi connectivity index (χ3n) is 3.19. The zero-order chi connectivity index (χ0) is 13.0. The fourth-order valence-corrected chi connectivity index (χ4v) is 2.23. The van der Waals surface area contributed by atoms with Crippen molar-refractivity contribution in [3.63, 3.8) is 0 Å². The Morgan fingerprint density at radius 1 is 1.11 bits per heavy atom. The zero-order valence-electron chi connectivity index (χ0n) is 11.4. The first-order valence-corrected chi connectivity index (χ1v) is 6.51. The lowest BCUT2D eigenvalue weighted by Gasteiger charge is -2.28. The van der Waals surface area contributed by atoms with Crippen LogP contribution in [0.5, 0.6) is 0 Å². The van der Waals surface area contributed by atoms with Gasteiger partial charge >= 0.3 is 0 Å². The first-order chi connectivity index (χ1) is 8.57. The first kappa shape index (κ1) is 12.7. The van der Waals surface area contributed by atoms with Gasteiger partial charge in [-0.25, -0.2) is 0 Å². The third-order valence-corrected chi connectivity index (χ3v) is 3.19. The summed E-state index contributed by atoms with van der Waals surface area (Å²) in [5, 5.41) is 0. The van der Waals surface area contributed by atoms with E-state index < -0.39 is 0 Å². The monoisotopic (exact) mass is 236 g/mol. The second kappa shape index (κ2) is 5.27. The molecule has 0 bridgehead atoms. The van der Waals surface area contributed by atoms with E-state index >= 15 is 0 Å². The quantitative estimate of drug-likeness (QED) is 0.578. The average molecular weight is 236 g/mol. The van der Waals surface area contributed by atoms with Crippen LogP contribution in [0, 0.1) is 23.2 Å². The minimum atomic E-state index is 0.195. The predicted octanol–water partition coefficient (Wildman–Crippen LogP) is 4.59. The minimum absolute atomic E-state index is 0.195. The number of rotatable bonds is 0. The van der Waals surface area contributed by atoms with Gasteiger partial charge in [0.2, 0.25) is 0 Å². The maximum atomic E-state index is 3.42. The largest absolute Gasteiger partial charge is 0.0897 e. The van der Waals surface area contributed by atoms with E-state index in [2.05, 4.69) is 63.0 Å². The van der Waals surface area contributed by atoms with Crippen LogP contribution >= 0.6 is 0 Å². The Labute approximate surface area is 110 Å². The van der Waals surface area contributed by atoms with Crippen molar-refractivity contribution in [2.24, 2.45) is 11.3 Å². The second-order valence-electron chi connectivity index (χ2n) is 5.72. The van der Waals surface area contributed by atoms with E-state index in [0.29, 0.717) is 5.92 Å². The van der Waals surface area contributed by atoms with Gasteiger partial charge < -0.3 is 0 Å². The van der Waals surface area contributed by atoms with E-state index in [1.54, 1.807) is 0 Å². The van der Waals surface area contributed by atoms with Crippen LogP contribution in [-0.2, 0) is 0 Å². The molecule has 0 saturated carbocycles. The average Bonchev–Trinajstić information content (AvgIpc) is 2.37. The zero-order valence-corrected chi connectivity index (χ0v) is 11.4. The molecule has 1 aromatic carbocycles. The van der Waals surface area contributed by atoms with Crippen LogP contribution < -0.4 is 0 Å². The SMILES string of the molecule is CC(C)(C)C1=CC=CCC1C#Cc1ccccc1. The Balaban J connectivity index is 2.22. The molecule has 0 aromatic heterocycles. The van der Waals surface area contributed by atoms with Crippen LogP contribution in [0.25, 0.3) is 0 Å². The van der Waals surface area contributed by atoms with Gasteiger partial charge in [0, 0.05) is 11.5 Å². The molecule has 1 aromatic rings. The number of hydrogen-bond acceptors (Lipinski definition) is 0. The molecule has 0 spiro atoms. The fraction of sp³-hybridized carbons (Fsp3) is 0.333. The lowest BCUT2D eigenvalue weighted by atomic mass is 9.76. The van der Waals surface area contributed by atoms with Crippen LogP contribution in [0.3, 0.4) is 0 Å². The predicted molar refractivity (Wildman–Crippen MR) is 78.1 cm³/mol. The van der Waals surface area contributed by atoms with Crippen LogP contribution in [0.4, 0.5) is 0 Å². The van der Waals surface area contributed by atoms with Crippen molar-refractivity contribution >= 4 is 0 Å². The molecule has 0 fully saturated rings. The highest BCUT2D eigenvalue weighted by Crippen LogP contribution is 2.35. The van der Waals surface area contributed by atoms with Crippen molar-refractivity contribution < 1.29 is 0 Å². The van der Waals surface area contributed by atoms with Crippen molar-refractivity contribution in [1.82, 2.24) is 0 Å². The lowest BCUT2D eigenvalue weighted by molar-refractivity contribution is 0.455. The van der Waals surface area contributed by atoms with Gasteiger partial charge in [-0.15, -0.1) is 0 Å². The Hall–Kier alpha value is -1.74. The summed E-state index contributed by atoms with van der Waals surface area (Å²) < 4.78 is 0. The lowest BCUT2D eigenvalue weighted by Crippen LogP contribution is -2.18. The Bertz CT molecular complexity index is 513. The smallest absolute Gasteiger partial charge is 0.0458 e. The summed E-state index contributed by atoms with van der Waals surface area (Å²) >= 11 is 0. The summed E-state index contributed by atoms with van der Waals surface area (Å²) in [6.07, 6.45) is 7.62. The minimum Gasteiger partial charge on any atom is -0.0897 e. The second-order valence-corrected chi connectivity index (χ2v) is 5.72. The number of benzene rings is 1. The molecule has 0 amide bonds. The Kier molecular flexibility index (Phi) is 3.72. The Morgan fingerprint density at radius 3 is 2.50 bits per heavy atom. The van der Waals surface area contributed by atoms with Crippen molar-refractivity contribution in [3.05, 3.63) is 59.7 Å². The normalized spacial score (nSPS) is 18.8. The molecular weight excluding hydrogens is 216 g/mol. The molecular formula is C18H20. The van der Waals surface area contributed by atoms with E-state index in [0.717, 1.165) is 12.0 Å². The highest BCUT2D eigenvalue weighted by Gasteiger charge is 2.24. The molecule has 0 heteroatoms. The highest BCUT2D eigenvalue weighted by molar-refractivity contribution is 5.38. The summed E-state index contributed by atoms with van der Waals surface area (Å²) in [4.78, 5) is 0. The molecule has 1 aliphatic carbocycles. The standard InChI is InChI=1S/C18H20/c1-18(2,3)17-12-8-7-11-16(17)14-13-15-9-5-4-6-10-15/h4-10,12,16H,11H2,1-3H3. The van der Waals surface area contributed by atoms with Gasteiger partial charge in [0.25, 0.3) is 0 Å². The van der Waals surface area contributed by atoms with E-state index in [9.17, 15) is 0 Å². The van der Waals surface area contributed by atoms with Gasteiger partial charge in [0.05, 0.1) is 0 Å². The Morgan fingerprint density at radius 2 is 1.83 bits per heavy atom. The summed E-state index contributed by atoms with van der Waals surface area (Å²) in [7, 11) is 0. The van der Waals surface area contributed by atoms with Crippen LogP contribution in [0.15, 0.2) is 54.1 Å². The summed E-state index contributed by atoms with van der Waals surface area (Å²) in [5.41, 5.74) is 2.73. The van der Waals surface area contributed by atoms with Crippen LogP contribution in [0.2, 0.25) is 0 Å². The highest BCUT2D eigenvalue weighted by atomic mass is 14.3. The van der Waals surface area contributed by atoms with E-state index in [-0.39, 0.29) is 5.41 Å². The molecule has 0 nitrogen and oxygen atoms in total. The third kappa shape index (κ3) is 3.14. The number of hydrogen-bond donors (Lipinski definition) is 0. The molecule has 18 heavy (non-hydrogen) atoms. The summed E-state index contributed by atoms with van der Waals surface area (Å²) in [6, 6.07) is 10.2. The molecule has 1 atom stereocenters. The van der Waals surface area contributed by atoms with Gasteiger partial charge in [-0.3, -0.25) is 0 Å². The molecule has 0 radical (unpaired) electrons. The first-order valence-electron chi connectivity index (χ1n) is 6.51. The van der Waals surface area contributed by atoms with E-state index in [4.69, 9.17) is 0 Å².